The highest BCUT2D eigenvalue weighted by molar-refractivity contribution is 6.30. The third kappa shape index (κ3) is 4.29. The quantitative estimate of drug-likeness (QED) is 0.697. The molecule has 27 heavy (non-hydrogen) atoms. The van der Waals surface area contributed by atoms with Gasteiger partial charge in [0, 0.05) is 17.3 Å². The number of hydrogen-bond acceptors (Lipinski definition) is 6. The predicted molar refractivity (Wildman–Crippen MR) is 99.8 cm³/mol. The molecule has 0 saturated carbocycles. The molecule has 0 aliphatic carbocycles. The fourth-order valence-corrected chi connectivity index (χ4v) is 2.61. The first-order chi connectivity index (χ1) is 13.0. The number of aromatic nitrogens is 4. The lowest BCUT2D eigenvalue weighted by molar-refractivity contribution is 0.0935. The summed E-state index contributed by atoms with van der Waals surface area (Å²) in [6, 6.07) is 7.13. The fourth-order valence-electron chi connectivity index (χ4n) is 2.45. The molecular weight excluding hydrogens is 370 g/mol. The second kappa shape index (κ2) is 7.96. The molecule has 1 atom stereocenters. The molecule has 9 heteroatoms. The first-order valence-electron chi connectivity index (χ1n) is 8.00. The number of aromatic amines is 1. The lowest BCUT2D eigenvalue weighted by Gasteiger charge is -2.15. The number of H-pyrrole nitrogens is 1. The summed E-state index contributed by atoms with van der Waals surface area (Å²) < 4.78 is 5.20. The fraction of sp³-hybridized carbons (Fsp3) is 0.167. The van der Waals surface area contributed by atoms with E-state index in [1.807, 2.05) is 0 Å². The number of carbonyl (C=O) groups excluding carboxylic acids is 1. The topological polar surface area (TPSA) is 110 Å². The lowest BCUT2D eigenvalue weighted by atomic mass is 10.1. The molecule has 2 aromatic heterocycles. The van der Waals surface area contributed by atoms with Crippen LogP contribution < -0.4 is 15.6 Å². The summed E-state index contributed by atoms with van der Waals surface area (Å²) in [6.45, 7) is 1.71. The SMILES string of the molecule is COc1cc(Cl)ccc1C(=O)NC(C)c1nc(-c2ccncn2)cc(=O)[nH]1. The second-order valence-corrected chi connectivity index (χ2v) is 6.09. The minimum Gasteiger partial charge on any atom is -0.496 e. The van der Waals surface area contributed by atoms with Crippen LogP contribution in [0.4, 0.5) is 0 Å². The molecule has 0 bridgehead atoms. The van der Waals surface area contributed by atoms with Crippen LogP contribution in [0.15, 0.2) is 47.7 Å². The molecule has 0 spiro atoms. The average molecular weight is 386 g/mol. The zero-order valence-electron chi connectivity index (χ0n) is 14.6. The summed E-state index contributed by atoms with van der Waals surface area (Å²) in [5, 5.41) is 3.24. The number of ether oxygens (including phenoxy) is 1. The van der Waals surface area contributed by atoms with Gasteiger partial charge in [0.1, 0.15) is 17.9 Å². The minimum absolute atomic E-state index is 0.303. The van der Waals surface area contributed by atoms with Gasteiger partial charge in [0.25, 0.3) is 11.5 Å². The van der Waals surface area contributed by atoms with Gasteiger partial charge in [0.2, 0.25) is 0 Å². The third-order valence-corrected chi connectivity index (χ3v) is 4.01. The van der Waals surface area contributed by atoms with Gasteiger partial charge in [-0.25, -0.2) is 15.0 Å². The summed E-state index contributed by atoms with van der Waals surface area (Å²) in [7, 11) is 1.45. The largest absolute Gasteiger partial charge is 0.496 e. The molecule has 1 unspecified atom stereocenters. The van der Waals surface area contributed by atoms with E-state index in [0.29, 0.717) is 33.5 Å². The Morgan fingerprint density at radius 3 is 2.78 bits per heavy atom. The first-order valence-corrected chi connectivity index (χ1v) is 8.38. The zero-order valence-corrected chi connectivity index (χ0v) is 15.3. The van der Waals surface area contributed by atoms with Crippen LogP contribution in [0.5, 0.6) is 5.75 Å². The van der Waals surface area contributed by atoms with Gasteiger partial charge >= 0.3 is 0 Å². The van der Waals surface area contributed by atoms with Crippen LogP contribution in [0.3, 0.4) is 0 Å². The maximum Gasteiger partial charge on any atom is 0.255 e. The van der Waals surface area contributed by atoms with Gasteiger partial charge < -0.3 is 15.0 Å². The highest BCUT2D eigenvalue weighted by Gasteiger charge is 2.18. The van der Waals surface area contributed by atoms with Crippen LogP contribution in [0.1, 0.15) is 29.1 Å². The monoisotopic (exact) mass is 385 g/mol. The Hall–Kier alpha value is -3.26. The van der Waals surface area contributed by atoms with Crippen molar-refractivity contribution in [2.75, 3.05) is 7.11 Å². The molecule has 0 fully saturated rings. The van der Waals surface area contributed by atoms with E-state index in [9.17, 15) is 9.59 Å². The second-order valence-electron chi connectivity index (χ2n) is 5.65. The van der Waals surface area contributed by atoms with Crippen molar-refractivity contribution < 1.29 is 9.53 Å². The van der Waals surface area contributed by atoms with E-state index in [4.69, 9.17) is 16.3 Å². The summed E-state index contributed by atoms with van der Waals surface area (Å²) >= 11 is 5.92. The molecule has 3 aromatic rings. The molecule has 8 nitrogen and oxygen atoms in total. The molecule has 3 rings (SSSR count). The number of carbonyl (C=O) groups is 1. The number of amides is 1. The van der Waals surface area contributed by atoms with E-state index in [2.05, 4.69) is 25.3 Å². The van der Waals surface area contributed by atoms with Crippen molar-refractivity contribution in [1.29, 1.82) is 0 Å². The highest BCUT2D eigenvalue weighted by Crippen LogP contribution is 2.23. The lowest BCUT2D eigenvalue weighted by Crippen LogP contribution is -2.29. The predicted octanol–water partition coefficient (Wildman–Crippen LogP) is 2.38. The number of hydrogen-bond donors (Lipinski definition) is 2. The Bertz CT molecular complexity index is 1020. The number of benzene rings is 1. The summed E-state index contributed by atoms with van der Waals surface area (Å²) in [6.07, 6.45) is 2.93. The molecular formula is C18H16ClN5O3. The molecule has 0 saturated heterocycles. The maximum absolute atomic E-state index is 12.6. The first kappa shape index (κ1) is 18.5. The summed E-state index contributed by atoms with van der Waals surface area (Å²) in [5.74, 6) is 0.270. The van der Waals surface area contributed by atoms with E-state index in [1.165, 1.54) is 19.5 Å². The number of halogens is 1. The van der Waals surface area contributed by atoms with Gasteiger partial charge in [-0.1, -0.05) is 11.6 Å². The van der Waals surface area contributed by atoms with Crippen LogP contribution in [-0.2, 0) is 0 Å². The summed E-state index contributed by atoms with van der Waals surface area (Å²) in [4.78, 5) is 39.5. The van der Waals surface area contributed by atoms with Gasteiger partial charge in [-0.2, -0.15) is 0 Å². The summed E-state index contributed by atoms with van der Waals surface area (Å²) in [5.41, 5.74) is 0.874. The van der Waals surface area contributed by atoms with Crippen molar-refractivity contribution >= 4 is 17.5 Å². The van der Waals surface area contributed by atoms with Gasteiger partial charge in [0.05, 0.1) is 30.1 Å². The normalized spacial score (nSPS) is 11.7. The third-order valence-electron chi connectivity index (χ3n) is 3.77. The molecule has 2 heterocycles. The molecule has 138 valence electrons. The smallest absolute Gasteiger partial charge is 0.255 e. The molecule has 1 amide bonds. The Balaban J connectivity index is 1.86. The number of nitrogens with zero attached hydrogens (tertiary/aromatic N) is 3. The van der Waals surface area contributed by atoms with Gasteiger partial charge in [-0.15, -0.1) is 0 Å². The van der Waals surface area contributed by atoms with Gasteiger partial charge in [0.15, 0.2) is 0 Å². The van der Waals surface area contributed by atoms with Crippen molar-refractivity contribution in [3.8, 4) is 17.1 Å². The zero-order chi connectivity index (χ0) is 19.4. The van der Waals surface area contributed by atoms with E-state index < -0.39 is 6.04 Å². The van der Waals surface area contributed by atoms with Crippen LogP contribution in [0, 0.1) is 0 Å². The average Bonchev–Trinajstić information content (AvgIpc) is 2.67. The number of nitrogens with one attached hydrogen (secondary N) is 2. The van der Waals surface area contributed by atoms with Crippen molar-refractivity contribution in [2.24, 2.45) is 0 Å². The molecule has 0 aliphatic rings. The Morgan fingerprint density at radius 2 is 2.07 bits per heavy atom. The van der Waals surface area contributed by atoms with Crippen molar-refractivity contribution in [3.63, 3.8) is 0 Å². The minimum atomic E-state index is -0.563. The molecule has 0 aliphatic heterocycles. The molecule has 1 aromatic carbocycles. The molecule has 2 N–H and O–H groups in total. The van der Waals surface area contributed by atoms with E-state index in [1.54, 1.807) is 37.4 Å². The van der Waals surface area contributed by atoms with Crippen LogP contribution in [-0.4, -0.2) is 33.0 Å². The van der Waals surface area contributed by atoms with Crippen LogP contribution >= 0.6 is 11.6 Å². The maximum atomic E-state index is 12.6. The van der Waals surface area contributed by atoms with Crippen molar-refractivity contribution in [3.05, 3.63) is 69.6 Å². The van der Waals surface area contributed by atoms with Gasteiger partial charge in [-0.05, 0) is 31.2 Å². The standard InChI is InChI=1S/C18H16ClN5O3/c1-10(22-18(26)12-4-3-11(19)7-15(12)27-2)17-23-14(8-16(25)24-17)13-5-6-20-9-21-13/h3-10H,1-2H3,(H,22,26)(H,23,24,25). The molecule has 0 radical (unpaired) electrons. The van der Waals surface area contributed by atoms with Crippen molar-refractivity contribution in [1.82, 2.24) is 25.3 Å². The Kier molecular flexibility index (Phi) is 5.46. The van der Waals surface area contributed by atoms with Crippen molar-refractivity contribution in [2.45, 2.75) is 13.0 Å². The van der Waals surface area contributed by atoms with E-state index in [-0.39, 0.29) is 11.5 Å². The Morgan fingerprint density at radius 1 is 1.26 bits per heavy atom. The Labute approximate surface area is 159 Å². The van der Waals surface area contributed by atoms with Crippen LogP contribution in [0.2, 0.25) is 5.02 Å². The van der Waals surface area contributed by atoms with Crippen LogP contribution in [0.25, 0.3) is 11.4 Å². The highest BCUT2D eigenvalue weighted by atomic mass is 35.5. The number of rotatable bonds is 5. The van der Waals surface area contributed by atoms with E-state index in [0.717, 1.165) is 0 Å². The number of methoxy groups -OCH3 is 1. The van der Waals surface area contributed by atoms with Gasteiger partial charge in [-0.3, -0.25) is 9.59 Å². The van der Waals surface area contributed by atoms with E-state index >= 15 is 0 Å².